The first-order chi connectivity index (χ1) is 8.58. The fourth-order valence-corrected chi connectivity index (χ4v) is 2.34. The minimum atomic E-state index is -0.225. The number of nitrogens with zero attached hydrogens (tertiary/aromatic N) is 1. The minimum absolute atomic E-state index is 0.223. The van der Waals surface area contributed by atoms with Crippen molar-refractivity contribution in [1.82, 2.24) is 4.98 Å². The van der Waals surface area contributed by atoms with Gasteiger partial charge in [-0.15, -0.1) is 11.3 Å². The van der Waals surface area contributed by atoms with Crippen molar-refractivity contribution >= 4 is 51.7 Å². The maximum Gasteiger partial charge on any atom is 0.267 e. The fraction of sp³-hybridized carbons (Fsp3) is 0. The number of hydrogen-bond donors (Lipinski definition) is 2. The van der Waals surface area contributed by atoms with E-state index < -0.39 is 0 Å². The van der Waals surface area contributed by atoms with Crippen LogP contribution in [-0.4, -0.2) is 15.9 Å². The molecule has 0 fully saturated rings. The molecule has 7 heteroatoms. The van der Waals surface area contributed by atoms with E-state index in [0.717, 1.165) is 0 Å². The van der Waals surface area contributed by atoms with E-state index in [-0.39, 0.29) is 10.9 Å². The molecule has 0 unspecified atom stereocenters. The molecule has 1 amide bonds. The van der Waals surface area contributed by atoms with Gasteiger partial charge >= 0.3 is 0 Å². The number of carbonyl (C=O) groups is 1. The number of hydrogen-bond acceptors (Lipinski definition) is 4. The van der Waals surface area contributed by atoms with Crippen LogP contribution in [0, 0.1) is 0 Å². The zero-order chi connectivity index (χ0) is 13.1. The van der Waals surface area contributed by atoms with Crippen molar-refractivity contribution in [2.24, 2.45) is 5.73 Å². The molecule has 0 saturated heterocycles. The van der Waals surface area contributed by atoms with Gasteiger partial charge in [0.2, 0.25) is 0 Å². The third-order valence-electron chi connectivity index (χ3n) is 2.15. The topological polar surface area (TPSA) is 68.0 Å². The molecule has 2 rings (SSSR count). The van der Waals surface area contributed by atoms with E-state index >= 15 is 0 Å². The summed E-state index contributed by atoms with van der Waals surface area (Å²) in [5.41, 5.74) is 8.26. The normalized spacial score (nSPS) is 10.1. The van der Waals surface area contributed by atoms with Gasteiger partial charge in [0, 0.05) is 11.3 Å². The molecule has 1 aromatic carbocycles. The van der Waals surface area contributed by atoms with Gasteiger partial charge in [0.25, 0.3) is 5.91 Å². The highest BCUT2D eigenvalue weighted by Crippen LogP contribution is 2.21. The van der Waals surface area contributed by atoms with Gasteiger partial charge in [-0.25, -0.2) is 0 Å². The molecule has 3 N–H and O–H groups in total. The molecule has 0 radical (unpaired) electrons. The Kier molecular flexibility index (Phi) is 3.90. The van der Waals surface area contributed by atoms with E-state index in [4.69, 9.17) is 29.6 Å². The molecular weight excluding hydrogens is 290 g/mol. The van der Waals surface area contributed by atoms with Crippen LogP contribution in [0.5, 0.6) is 0 Å². The second-order valence-corrected chi connectivity index (χ2v) is 5.11. The van der Waals surface area contributed by atoms with Crippen LogP contribution in [0.2, 0.25) is 5.02 Å². The highest BCUT2D eigenvalue weighted by molar-refractivity contribution is 7.80. The van der Waals surface area contributed by atoms with Gasteiger partial charge in [0.15, 0.2) is 0 Å². The van der Waals surface area contributed by atoms with Crippen molar-refractivity contribution in [2.75, 3.05) is 5.32 Å². The molecule has 0 aliphatic carbocycles. The van der Waals surface area contributed by atoms with Gasteiger partial charge in [0.05, 0.1) is 16.7 Å². The van der Waals surface area contributed by atoms with E-state index in [1.54, 1.807) is 23.7 Å². The van der Waals surface area contributed by atoms with Crippen LogP contribution in [0.1, 0.15) is 15.2 Å². The van der Waals surface area contributed by atoms with E-state index in [9.17, 15) is 4.79 Å². The first-order valence-electron chi connectivity index (χ1n) is 4.87. The average molecular weight is 298 g/mol. The second-order valence-electron chi connectivity index (χ2n) is 3.38. The molecule has 1 aromatic heterocycles. The molecule has 0 saturated carbocycles. The van der Waals surface area contributed by atoms with Gasteiger partial charge in [-0.05, 0) is 18.2 Å². The number of carbonyl (C=O) groups excluding carboxylic acids is 1. The van der Waals surface area contributed by atoms with Crippen molar-refractivity contribution in [1.29, 1.82) is 0 Å². The highest BCUT2D eigenvalue weighted by atomic mass is 35.5. The summed E-state index contributed by atoms with van der Waals surface area (Å²) in [6, 6.07) is 4.97. The van der Waals surface area contributed by atoms with Crippen molar-refractivity contribution in [3.05, 3.63) is 45.4 Å². The Morgan fingerprint density at radius 2 is 2.28 bits per heavy atom. The number of halogens is 1. The summed E-state index contributed by atoms with van der Waals surface area (Å²) in [7, 11) is 0. The quantitative estimate of drug-likeness (QED) is 0.855. The molecule has 2 aromatic rings. The highest BCUT2D eigenvalue weighted by Gasteiger charge is 2.09. The number of thiazole rings is 1. The third-order valence-corrected chi connectivity index (χ3v) is 3.45. The molecule has 0 aliphatic rings. The predicted molar refractivity (Wildman–Crippen MR) is 77.4 cm³/mol. The summed E-state index contributed by atoms with van der Waals surface area (Å²) < 4.78 is 0. The molecule has 0 aliphatic heterocycles. The van der Waals surface area contributed by atoms with E-state index in [2.05, 4.69) is 10.3 Å². The Balaban J connectivity index is 2.18. The fourth-order valence-electron chi connectivity index (χ4n) is 1.31. The monoisotopic (exact) mass is 297 g/mol. The van der Waals surface area contributed by atoms with Gasteiger partial charge in [-0.3, -0.25) is 9.78 Å². The maximum absolute atomic E-state index is 11.8. The lowest BCUT2D eigenvalue weighted by atomic mass is 10.2. The Bertz CT molecular complexity index is 598. The zero-order valence-corrected chi connectivity index (χ0v) is 11.4. The average Bonchev–Trinajstić information content (AvgIpc) is 2.81. The van der Waals surface area contributed by atoms with Crippen molar-refractivity contribution in [3.63, 3.8) is 0 Å². The number of aromatic nitrogens is 1. The molecule has 0 spiro atoms. The van der Waals surface area contributed by atoms with Gasteiger partial charge in [0.1, 0.15) is 9.87 Å². The Morgan fingerprint density at radius 1 is 1.50 bits per heavy atom. The molecule has 0 atom stereocenters. The van der Waals surface area contributed by atoms with Crippen LogP contribution in [0.3, 0.4) is 0 Å². The number of benzene rings is 1. The van der Waals surface area contributed by atoms with Crippen LogP contribution in [0.15, 0.2) is 29.9 Å². The Morgan fingerprint density at radius 3 is 2.83 bits per heavy atom. The Labute approximate surface area is 118 Å². The van der Waals surface area contributed by atoms with E-state index in [1.165, 1.54) is 17.5 Å². The lowest BCUT2D eigenvalue weighted by molar-refractivity contribution is 0.103. The SMILES string of the molecule is NC(=S)c1ccc(NC(=O)c2cncs2)cc1Cl. The molecule has 1 heterocycles. The molecule has 4 nitrogen and oxygen atoms in total. The number of nitrogens with one attached hydrogen (secondary N) is 1. The maximum atomic E-state index is 11.8. The molecule has 92 valence electrons. The number of anilines is 1. The van der Waals surface area contributed by atoms with Gasteiger partial charge in [-0.1, -0.05) is 23.8 Å². The van der Waals surface area contributed by atoms with Crippen LogP contribution >= 0.6 is 35.2 Å². The summed E-state index contributed by atoms with van der Waals surface area (Å²) in [5, 5.41) is 3.12. The lowest BCUT2D eigenvalue weighted by Crippen LogP contribution is -2.12. The largest absolute Gasteiger partial charge is 0.389 e. The van der Waals surface area contributed by atoms with E-state index in [0.29, 0.717) is 21.2 Å². The molecular formula is C11H8ClN3OS2. The summed E-state index contributed by atoms with van der Waals surface area (Å²) >= 11 is 12.1. The van der Waals surface area contributed by atoms with Crippen molar-refractivity contribution < 1.29 is 4.79 Å². The van der Waals surface area contributed by atoms with Gasteiger partial charge in [-0.2, -0.15) is 0 Å². The lowest BCUT2D eigenvalue weighted by Gasteiger charge is -2.06. The summed E-state index contributed by atoms with van der Waals surface area (Å²) in [5.74, 6) is -0.225. The van der Waals surface area contributed by atoms with Crippen LogP contribution < -0.4 is 11.1 Å². The Hall–Kier alpha value is -1.50. The van der Waals surface area contributed by atoms with Crippen molar-refractivity contribution in [3.8, 4) is 0 Å². The summed E-state index contributed by atoms with van der Waals surface area (Å²) in [4.78, 5) is 16.4. The van der Waals surface area contributed by atoms with Gasteiger partial charge < -0.3 is 11.1 Å². The number of thiocarbonyl (C=S) groups is 1. The first kappa shape index (κ1) is 12.9. The molecule has 0 bridgehead atoms. The number of nitrogens with two attached hydrogens (primary N) is 1. The standard InChI is InChI=1S/C11H8ClN3OS2/c12-8-3-6(1-2-7(8)10(13)17)15-11(16)9-4-14-5-18-9/h1-5H,(H2,13,17)(H,15,16). The summed E-state index contributed by atoms with van der Waals surface area (Å²) in [6.07, 6.45) is 1.50. The number of rotatable bonds is 3. The van der Waals surface area contributed by atoms with Crippen LogP contribution in [-0.2, 0) is 0 Å². The van der Waals surface area contributed by atoms with E-state index in [1.807, 2.05) is 0 Å². The predicted octanol–water partition coefficient (Wildman–Crippen LogP) is 2.68. The minimum Gasteiger partial charge on any atom is -0.389 e. The summed E-state index contributed by atoms with van der Waals surface area (Å²) in [6.45, 7) is 0. The van der Waals surface area contributed by atoms with Crippen molar-refractivity contribution in [2.45, 2.75) is 0 Å². The van der Waals surface area contributed by atoms with Crippen LogP contribution in [0.25, 0.3) is 0 Å². The molecule has 18 heavy (non-hydrogen) atoms. The second kappa shape index (κ2) is 5.43. The number of amides is 1. The zero-order valence-electron chi connectivity index (χ0n) is 9.01. The van der Waals surface area contributed by atoms with Crippen LogP contribution in [0.4, 0.5) is 5.69 Å². The third kappa shape index (κ3) is 2.84. The smallest absolute Gasteiger partial charge is 0.267 e. The first-order valence-corrected chi connectivity index (χ1v) is 6.53.